The highest BCUT2D eigenvalue weighted by Crippen LogP contribution is 2.33. The molecule has 0 fully saturated rings. The third-order valence-corrected chi connectivity index (χ3v) is 4.51. The van der Waals surface area contributed by atoms with Crippen LogP contribution in [-0.2, 0) is 17.4 Å². The monoisotopic (exact) mass is 393 g/mol. The molecule has 0 atom stereocenters. The van der Waals surface area contributed by atoms with Gasteiger partial charge >= 0.3 is 6.18 Å². The second-order valence-corrected chi connectivity index (χ2v) is 6.53. The van der Waals surface area contributed by atoms with Crippen molar-refractivity contribution in [3.8, 4) is 0 Å². The molecule has 3 aromatic rings. The van der Waals surface area contributed by atoms with E-state index >= 15 is 0 Å². The first-order valence-corrected chi connectivity index (χ1v) is 8.76. The van der Waals surface area contributed by atoms with Gasteiger partial charge in [-0.05, 0) is 25.1 Å². The summed E-state index contributed by atoms with van der Waals surface area (Å²) in [5.41, 5.74) is -1.58. The average Bonchev–Trinajstić information content (AvgIpc) is 3.10. The van der Waals surface area contributed by atoms with E-state index in [4.69, 9.17) is 0 Å². The molecule has 0 aliphatic heterocycles. The summed E-state index contributed by atoms with van der Waals surface area (Å²) in [6.07, 6.45) is -0.331. The maximum Gasteiger partial charge on any atom is 0.418 e. The number of rotatable bonds is 4. The molecule has 1 amide bonds. The van der Waals surface area contributed by atoms with Crippen LogP contribution in [0.3, 0.4) is 0 Å². The number of carbonyl (C=O) groups excluding carboxylic acids is 1. The van der Waals surface area contributed by atoms with Gasteiger partial charge in [0.1, 0.15) is 0 Å². The van der Waals surface area contributed by atoms with Crippen LogP contribution in [0, 0.1) is 0 Å². The number of para-hydroxylation sites is 1. The fraction of sp³-hybridized carbons (Fsp3) is 0.167. The summed E-state index contributed by atoms with van der Waals surface area (Å²) < 4.78 is 39.8. The van der Waals surface area contributed by atoms with Gasteiger partial charge in [0.05, 0.1) is 17.5 Å². The third kappa shape index (κ3) is 3.92. The van der Waals surface area contributed by atoms with E-state index in [0.29, 0.717) is 5.13 Å². The zero-order chi connectivity index (χ0) is 19.6. The van der Waals surface area contributed by atoms with Crippen molar-refractivity contribution >= 4 is 39.4 Å². The van der Waals surface area contributed by atoms with Crippen LogP contribution in [0.4, 0.5) is 18.3 Å². The number of hydrogen-bond acceptors (Lipinski definition) is 4. The number of aromatic nitrogens is 2. The topological polar surface area (TPSA) is 74.8 Å². The number of alkyl halides is 3. The van der Waals surface area contributed by atoms with Crippen molar-refractivity contribution in [1.82, 2.24) is 9.97 Å². The minimum absolute atomic E-state index is 0.0916. The van der Waals surface area contributed by atoms with Gasteiger partial charge in [-0.3, -0.25) is 9.59 Å². The predicted octanol–water partition coefficient (Wildman–Crippen LogP) is 4.22. The molecule has 2 heterocycles. The number of hydrogen-bond donors (Lipinski definition) is 2. The van der Waals surface area contributed by atoms with E-state index in [2.05, 4.69) is 15.3 Å². The molecule has 0 saturated heterocycles. The van der Waals surface area contributed by atoms with Crippen LogP contribution in [0.25, 0.3) is 17.0 Å². The molecule has 5 nitrogen and oxygen atoms in total. The summed E-state index contributed by atoms with van der Waals surface area (Å²) in [5, 5.41) is 4.51. The van der Waals surface area contributed by atoms with Crippen LogP contribution in [0.5, 0.6) is 0 Å². The van der Waals surface area contributed by atoms with Crippen molar-refractivity contribution in [2.75, 3.05) is 5.32 Å². The van der Waals surface area contributed by atoms with E-state index in [1.807, 2.05) is 0 Å². The lowest BCUT2D eigenvalue weighted by molar-refractivity contribution is -0.136. The van der Waals surface area contributed by atoms with Crippen LogP contribution < -0.4 is 10.7 Å². The maximum atomic E-state index is 13.3. The van der Waals surface area contributed by atoms with E-state index in [-0.39, 0.29) is 28.6 Å². The van der Waals surface area contributed by atoms with Gasteiger partial charge in [-0.15, -0.1) is 11.3 Å². The quantitative estimate of drug-likeness (QED) is 0.697. The number of benzene rings is 1. The van der Waals surface area contributed by atoms with E-state index in [1.165, 1.54) is 35.7 Å². The van der Waals surface area contributed by atoms with Crippen molar-refractivity contribution < 1.29 is 18.0 Å². The number of pyridine rings is 1. The Morgan fingerprint density at radius 1 is 1.37 bits per heavy atom. The number of allylic oxidation sites excluding steroid dienone is 1. The number of nitrogens with one attached hydrogen (secondary N) is 2. The number of carbonyl (C=O) groups is 1. The molecule has 0 bridgehead atoms. The van der Waals surface area contributed by atoms with Gasteiger partial charge in [0.2, 0.25) is 5.91 Å². The Bertz CT molecular complexity index is 1070. The van der Waals surface area contributed by atoms with Crippen molar-refractivity contribution in [3.63, 3.8) is 0 Å². The highest BCUT2D eigenvalue weighted by Gasteiger charge is 2.33. The fourth-order valence-electron chi connectivity index (χ4n) is 2.70. The normalized spacial score (nSPS) is 12.0. The first-order chi connectivity index (χ1) is 12.8. The van der Waals surface area contributed by atoms with Gasteiger partial charge in [0.25, 0.3) is 0 Å². The van der Waals surface area contributed by atoms with E-state index in [0.717, 1.165) is 6.07 Å². The molecule has 2 aromatic heterocycles. The molecule has 9 heteroatoms. The summed E-state index contributed by atoms with van der Waals surface area (Å²) in [4.78, 5) is 31.7. The zero-order valence-electron chi connectivity index (χ0n) is 14.1. The number of H-pyrrole nitrogens is 1. The number of fused-ring (bicyclic) bond motifs is 1. The van der Waals surface area contributed by atoms with E-state index in [9.17, 15) is 22.8 Å². The molecule has 0 radical (unpaired) electrons. The molecule has 0 saturated carbocycles. The minimum atomic E-state index is -4.61. The number of anilines is 1. The molecule has 0 unspecified atom stereocenters. The van der Waals surface area contributed by atoms with Gasteiger partial charge in [0, 0.05) is 28.2 Å². The molecule has 0 aliphatic rings. The lowest BCUT2D eigenvalue weighted by Gasteiger charge is -2.13. The second kappa shape index (κ2) is 7.36. The predicted molar refractivity (Wildman–Crippen MR) is 98.7 cm³/mol. The zero-order valence-corrected chi connectivity index (χ0v) is 14.9. The van der Waals surface area contributed by atoms with E-state index < -0.39 is 23.1 Å². The fourth-order valence-corrected chi connectivity index (χ4v) is 3.25. The molecular formula is C18H14F3N3O2S. The van der Waals surface area contributed by atoms with Crippen molar-refractivity contribution in [2.45, 2.75) is 19.5 Å². The number of amides is 1. The Labute approximate surface area is 155 Å². The maximum absolute atomic E-state index is 13.3. The standard InChI is InChI=1S/C18H14F3N3O2S/c1-2-4-13-11(9-14(25)24-17-22-7-8-27-17)16(26)10-5-3-6-12(15(10)23-13)18(19,20)21/h2-8H,9H2,1H3,(H,23,26)(H,22,24,25). The first-order valence-electron chi connectivity index (χ1n) is 7.88. The average molecular weight is 393 g/mol. The molecule has 3 rings (SSSR count). The Balaban J connectivity index is 2.12. The molecule has 0 aliphatic carbocycles. The second-order valence-electron chi connectivity index (χ2n) is 5.63. The van der Waals surface area contributed by atoms with Crippen LogP contribution >= 0.6 is 11.3 Å². The molecule has 27 heavy (non-hydrogen) atoms. The number of aromatic amines is 1. The number of nitrogens with zero attached hydrogens (tertiary/aromatic N) is 1. The summed E-state index contributed by atoms with van der Waals surface area (Å²) in [6, 6.07) is 3.40. The Kier molecular flexibility index (Phi) is 5.13. The molecule has 1 aromatic carbocycles. The number of halogens is 3. The van der Waals surface area contributed by atoms with Gasteiger partial charge in [0.15, 0.2) is 10.6 Å². The molecule has 0 spiro atoms. The summed E-state index contributed by atoms with van der Waals surface area (Å²) in [7, 11) is 0. The lowest BCUT2D eigenvalue weighted by Crippen LogP contribution is -2.22. The van der Waals surface area contributed by atoms with Gasteiger partial charge in [-0.1, -0.05) is 12.1 Å². The Morgan fingerprint density at radius 3 is 2.78 bits per heavy atom. The highest BCUT2D eigenvalue weighted by molar-refractivity contribution is 7.13. The van der Waals surface area contributed by atoms with Crippen molar-refractivity contribution in [2.24, 2.45) is 0 Å². The Morgan fingerprint density at radius 2 is 2.15 bits per heavy atom. The minimum Gasteiger partial charge on any atom is -0.354 e. The van der Waals surface area contributed by atoms with E-state index in [1.54, 1.807) is 18.4 Å². The largest absolute Gasteiger partial charge is 0.418 e. The van der Waals surface area contributed by atoms with Gasteiger partial charge in [-0.25, -0.2) is 4.98 Å². The molecular weight excluding hydrogens is 379 g/mol. The summed E-state index contributed by atoms with van der Waals surface area (Å²) in [6.45, 7) is 1.66. The molecule has 2 N–H and O–H groups in total. The van der Waals surface area contributed by atoms with Crippen LogP contribution in [0.15, 0.2) is 40.6 Å². The van der Waals surface area contributed by atoms with Crippen molar-refractivity contribution in [3.05, 3.63) is 62.9 Å². The summed E-state index contributed by atoms with van der Waals surface area (Å²) in [5.74, 6) is -0.479. The van der Waals surface area contributed by atoms with Gasteiger partial charge < -0.3 is 10.3 Å². The number of thiazole rings is 1. The van der Waals surface area contributed by atoms with Crippen molar-refractivity contribution in [1.29, 1.82) is 0 Å². The van der Waals surface area contributed by atoms with Crippen LogP contribution in [0.1, 0.15) is 23.7 Å². The van der Waals surface area contributed by atoms with Crippen LogP contribution in [-0.4, -0.2) is 15.9 Å². The van der Waals surface area contributed by atoms with Gasteiger partial charge in [-0.2, -0.15) is 13.2 Å². The highest BCUT2D eigenvalue weighted by atomic mass is 32.1. The SMILES string of the molecule is CC=Cc1[nH]c2c(C(F)(F)F)cccc2c(=O)c1CC(=O)Nc1nccs1. The smallest absolute Gasteiger partial charge is 0.354 e. The Hall–Kier alpha value is -2.94. The summed E-state index contributed by atoms with van der Waals surface area (Å²) >= 11 is 1.22. The van der Waals surface area contributed by atoms with Crippen LogP contribution in [0.2, 0.25) is 0 Å². The first kappa shape index (κ1) is 18.8. The lowest BCUT2D eigenvalue weighted by atomic mass is 10.0. The molecule has 140 valence electrons. The third-order valence-electron chi connectivity index (χ3n) is 3.82.